The van der Waals surface area contributed by atoms with E-state index >= 15 is 0 Å². The average molecular weight is 471 g/mol. The fourth-order valence-electron chi connectivity index (χ4n) is 3.92. The van der Waals surface area contributed by atoms with Gasteiger partial charge in [-0.3, -0.25) is 9.78 Å². The Hall–Kier alpha value is -4.38. The number of aromatic nitrogens is 6. The number of nitrogens with one attached hydrogen (secondary N) is 1. The number of carbonyl (C=O) groups is 1. The summed E-state index contributed by atoms with van der Waals surface area (Å²) >= 11 is 0. The lowest BCUT2D eigenvalue weighted by Crippen LogP contribution is -2.39. The molecule has 0 unspecified atom stereocenters. The maximum Gasteiger partial charge on any atom is 0.253 e. The van der Waals surface area contributed by atoms with Crippen LogP contribution in [-0.2, 0) is 13.2 Å². The number of benzene rings is 1. The Bertz CT molecular complexity index is 1520. The second-order valence-electron chi connectivity index (χ2n) is 8.37. The van der Waals surface area contributed by atoms with Gasteiger partial charge in [0.2, 0.25) is 11.7 Å². The van der Waals surface area contributed by atoms with Crippen LogP contribution in [0.1, 0.15) is 41.1 Å². The minimum Gasteiger partial charge on any atom is -0.470 e. The molecule has 1 aliphatic carbocycles. The van der Waals surface area contributed by atoms with Gasteiger partial charge in [0.25, 0.3) is 5.91 Å². The second kappa shape index (κ2) is 8.76. The van der Waals surface area contributed by atoms with Crippen molar-refractivity contribution in [3.05, 3.63) is 65.7 Å². The van der Waals surface area contributed by atoms with Gasteiger partial charge in [0.1, 0.15) is 13.2 Å². The molecule has 0 saturated heterocycles. The van der Waals surface area contributed by atoms with Gasteiger partial charge < -0.3 is 19.7 Å². The smallest absolute Gasteiger partial charge is 0.253 e. The molecule has 1 saturated carbocycles. The highest BCUT2D eigenvalue weighted by Gasteiger charge is 2.21. The molecule has 0 spiro atoms. The van der Waals surface area contributed by atoms with Crippen molar-refractivity contribution in [2.45, 2.75) is 38.5 Å². The molecule has 6 rings (SSSR count). The molecule has 11 heteroatoms. The van der Waals surface area contributed by atoms with Crippen LogP contribution in [0.3, 0.4) is 0 Å². The lowest BCUT2D eigenvalue weighted by molar-refractivity contribution is 0.0916. The summed E-state index contributed by atoms with van der Waals surface area (Å²) < 4.78 is 12.7. The standard InChI is InChI=1S/C24H21N7O4/c32-12-17-10-20(30-35-17)22-28-27-21-18-6-1-2-7-19(18)24(29-31(21)22)34-13-16-9-8-14(11-25-16)23(33)26-15-4-3-5-15/h1-2,6-11,15,32H,3-5,12-13H2,(H,26,33). The average Bonchev–Trinajstić information content (AvgIpc) is 3.52. The van der Waals surface area contributed by atoms with Crippen LogP contribution in [0.5, 0.6) is 5.88 Å². The van der Waals surface area contributed by atoms with Gasteiger partial charge in [0, 0.05) is 29.1 Å². The normalized spacial score (nSPS) is 13.7. The van der Waals surface area contributed by atoms with Crippen LogP contribution in [0.25, 0.3) is 27.9 Å². The van der Waals surface area contributed by atoms with Crippen molar-refractivity contribution in [1.82, 2.24) is 35.3 Å². The molecule has 1 aromatic carbocycles. The number of pyridine rings is 1. The van der Waals surface area contributed by atoms with E-state index in [1.165, 1.54) is 4.52 Å². The Labute approximate surface area is 198 Å². The monoisotopic (exact) mass is 471 g/mol. The van der Waals surface area contributed by atoms with Crippen LogP contribution >= 0.6 is 0 Å². The Morgan fingerprint density at radius 2 is 2.03 bits per heavy atom. The maximum atomic E-state index is 12.3. The van der Waals surface area contributed by atoms with Crippen molar-refractivity contribution >= 4 is 22.3 Å². The van der Waals surface area contributed by atoms with Crippen LogP contribution in [0, 0.1) is 0 Å². The number of rotatable bonds is 7. The molecule has 1 fully saturated rings. The maximum absolute atomic E-state index is 12.3. The van der Waals surface area contributed by atoms with E-state index in [1.807, 2.05) is 24.3 Å². The zero-order valence-corrected chi connectivity index (χ0v) is 18.6. The first-order valence-electron chi connectivity index (χ1n) is 11.3. The summed E-state index contributed by atoms with van der Waals surface area (Å²) in [5.41, 5.74) is 2.11. The van der Waals surface area contributed by atoms with Gasteiger partial charge in [-0.05, 0) is 37.5 Å². The fraction of sp³-hybridized carbons (Fsp3) is 0.250. The molecule has 5 aromatic rings. The van der Waals surface area contributed by atoms with Gasteiger partial charge >= 0.3 is 0 Å². The third-order valence-corrected chi connectivity index (χ3v) is 6.06. The van der Waals surface area contributed by atoms with Gasteiger partial charge in [0.05, 0.1) is 11.3 Å². The van der Waals surface area contributed by atoms with E-state index in [-0.39, 0.29) is 25.2 Å². The highest BCUT2D eigenvalue weighted by Crippen LogP contribution is 2.29. The van der Waals surface area contributed by atoms with Crippen LogP contribution in [0.15, 0.2) is 53.2 Å². The molecule has 0 bridgehead atoms. The van der Waals surface area contributed by atoms with Crippen LogP contribution in [0.4, 0.5) is 0 Å². The van der Waals surface area contributed by atoms with Crippen molar-refractivity contribution in [2.24, 2.45) is 0 Å². The zero-order valence-electron chi connectivity index (χ0n) is 18.6. The van der Waals surface area contributed by atoms with Gasteiger partial charge in [-0.25, -0.2) is 0 Å². The summed E-state index contributed by atoms with van der Waals surface area (Å²) in [4.78, 5) is 16.7. The SMILES string of the molecule is O=C(NC1CCC1)c1ccc(COc2nn3c(-c4cc(CO)on4)nnc3c3ccccc23)nc1. The summed E-state index contributed by atoms with van der Waals surface area (Å²) in [5.74, 6) is 0.933. The van der Waals surface area contributed by atoms with Crippen molar-refractivity contribution in [3.8, 4) is 17.4 Å². The minimum atomic E-state index is -0.275. The van der Waals surface area contributed by atoms with Gasteiger partial charge in [-0.2, -0.15) is 4.52 Å². The second-order valence-corrected chi connectivity index (χ2v) is 8.37. The first kappa shape index (κ1) is 21.2. The Morgan fingerprint density at radius 3 is 2.74 bits per heavy atom. The minimum absolute atomic E-state index is 0.106. The molecule has 4 heterocycles. The Morgan fingerprint density at radius 1 is 1.17 bits per heavy atom. The predicted octanol–water partition coefficient (Wildman–Crippen LogP) is 2.68. The third-order valence-electron chi connectivity index (χ3n) is 6.06. The summed E-state index contributed by atoms with van der Waals surface area (Å²) in [5, 5.41) is 30.9. The molecule has 176 valence electrons. The number of aliphatic hydroxyl groups excluding tert-OH is 1. The number of nitrogens with zero attached hydrogens (tertiary/aromatic N) is 6. The van der Waals surface area contributed by atoms with E-state index < -0.39 is 0 Å². The number of hydrogen-bond acceptors (Lipinski definition) is 9. The van der Waals surface area contributed by atoms with E-state index in [0.717, 1.165) is 30.0 Å². The summed E-state index contributed by atoms with van der Waals surface area (Å²) in [6.45, 7) is -0.119. The van der Waals surface area contributed by atoms with Crippen molar-refractivity contribution in [2.75, 3.05) is 0 Å². The van der Waals surface area contributed by atoms with E-state index in [0.29, 0.717) is 40.1 Å². The number of aliphatic hydroxyl groups is 1. The molecule has 35 heavy (non-hydrogen) atoms. The van der Waals surface area contributed by atoms with Crippen LogP contribution < -0.4 is 10.1 Å². The third kappa shape index (κ3) is 3.95. The fourth-order valence-corrected chi connectivity index (χ4v) is 3.92. The van der Waals surface area contributed by atoms with E-state index in [4.69, 9.17) is 9.26 Å². The predicted molar refractivity (Wildman–Crippen MR) is 123 cm³/mol. The highest BCUT2D eigenvalue weighted by molar-refractivity contribution is 5.97. The first-order valence-corrected chi connectivity index (χ1v) is 11.3. The number of hydrogen-bond donors (Lipinski definition) is 2. The van der Waals surface area contributed by atoms with Gasteiger partial charge in [0.15, 0.2) is 17.1 Å². The zero-order chi connectivity index (χ0) is 23.8. The molecular weight excluding hydrogens is 450 g/mol. The van der Waals surface area contributed by atoms with E-state index in [9.17, 15) is 9.90 Å². The number of carbonyl (C=O) groups excluding carboxylic acids is 1. The summed E-state index contributed by atoms with van der Waals surface area (Å²) in [6.07, 6.45) is 4.78. The van der Waals surface area contributed by atoms with Gasteiger partial charge in [-0.1, -0.05) is 23.4 Å². The van der Waals surface area contributed by atoms with Crippen LogP contribution in [0.2, 0.25) is 0 Å². The molecule has 0 aliphatic heterocycles. The van der Waals surface area contributed by atoms with E-state index in [1.54, 1.807) is 24.4 Å². The number of amides is 1. The topological polar surface area (TPSA) is 141 Å². The molecule has 11 nitrogen and oxygen atoms in total. The number of ether oxygens (including phenoxy) is 1. The molecule has 4 aromatic heterocycles. The Balaban J connectivity index is 1.28. The lowest BCUT2D eigenvalue weighted by Gasteiger charge is -2.26. The molecule has 1 aliphatic rings. The van der Waals surface area contributed by atoms with Crippen LogP contribution in [-0.4, -0.2) is 47.0 Å². The quantitative estimate of drug-likeness (QED) is 0.366. The molecule has 1 amide bonds. The highest BCUT2D eigenvalue weighted by atomic mass is 16.5. The van der Waals surface area contributed by atoms with Crippen molar-refractivity contribution < 1.29 is 19.2 Å². The first-order chi connectivity index (χ1) is 17.2. The lowest BCUT2D eigenvalue weighted by atomic mass is 9.93. The molecule has 0 atom stereocenters. The van der Waals surface area contributed by atoms with E-state index in [2.05, 4.69) is 30.8 Å². The Kier molecular flexibility index (Phi) is 5.30. The summed E-state index contributed by atoms with van der Waals surface area (Å²) in [7, 11) is 0. The molecular formula is C24H21N7O4. The van der Waals surface area contributed by atoms with Gasteiger partial charge in [-0.15, -0.1) is 15.3 Å². The largest absolute Gasteiger partial charge is 0.470 e. The number of fused-ring (bicyclic) bond motifs is 3. The molecule has 2 N–H and O–H groups in total. The van der Waals surface area contributed by atoms with Crippen molar-refractivity contribution in [3.63, 3.8) is 0 Å². The summed E-state index contributed by atoms with van der Waals surface area (Å²) in [6, 6.07) is 13.0. The molecule has 0 radical (unpaired) electrons. The van der Waals surface area contributed by atoms with Crippen molar-refractivity contribution in [1.29, 1.82) is 0 Å².